The molecule has 7 heteroatoms. The Bertz CT molecular complexity index is 948. The summed E-state index contributed by atoms with van der Waals surface area (Å²) in [6, 6.07) is 15.7. The lowest BCUT2D eigenvalue weighted by Crippen LogP contribution is -2.36. The molecule has 0 atom stereocenters. The van der Waals surface area contributed by atoms with E-state index in [1.54, 1.807) is 61.8 Å². The predicted octanol–water partition coefficient (Wildman–Crippen LogP) is 4.06. The van der Waals surface area contributed by atoms with Crippen molar-refractivity contribution >= 4 is 6.03 Å². The number of hydrogen-bond donors (Lipinski definition) is 2. The number of carbonyl (C=O) groups is 1. The number of nitrogens with one attached hydrogen (secondary N) is 1. The van der Waals surface area contributed by atoms with Crippen LogP contribution in [0.15, 0.2) is 66.9 Å². The van der Waals surface area contributed by atoms with Crippen molar-refractivity contribution in [2.45, 2.75) is 13.1 Å². The van der Waals surface area contributed by atoms with Crippen molar-refractivity contribution in [1.82, 2.24) is 15.2 Å². The second-order valence-electron chi connectivity index (χ2n) is 6.21. The number of halogens is 1. The lowest BCUT2D eigenvalue weighted by atomic mass is 10.2. The van der Waals surface area contributed by atoms with E-state index in [0.29, 0.717) is 23.7 Å². The van der Waals surface area contributed by atoms with E-state index >= 15 is 0 Å². The Morgan fingerprint density at radius 3 is 2.71 bits per heavy atom. The van der Waals surface area contributed by atoms with Crippen LogP contribution in [-0.2, 0) is 13.1 Å². The Morgan fingerprint density at radius 2 is 1.96 bits per heavy atom. The van der Waals surface area contributed by atoms with Crippen LogP contribution in [0.1, 0.15) is 11.1 Å². The lowest BCUT2D eigenvalue weighted by Gasteiger charge is -2.18. The van der Waals surface area contributed by atoms with Crippen molar-refractivity contribution in [2.75, 3.05) is 7.05 Å². The lowest BCUT2D eigenvalue weighted by molar-refractivity contribution is 0.206. The molecule has 0 fully saturated rings. The molecule has 0 unspecified atom stereocenters. The molecular formula is C21H20FN3O3. The number of aromatic hydroxyl groups is 1. The van der Waals surface area contributed by atoms with Gasteiger partial charge >= 0.3 is 6.03 Å². The molecule has 2 N–H and O–H groups in total. The van der Waals surface area contributed by atoms with E-state index in [0.717, 1.165) is 5.56 Å². The fourth-order valence-corrected chi connectivity index (χ4v) is 2.55. The maximum Gasteiger partial charge on any atom is 0.317 e. The third-order valence-corrected chi connectivity index (χ3v) is 3.99. The van der Waals surface area contributed by atoms with Crippen LogP contribution in [0, 0.1) is 5.82 Å². The van der Waals surface area contributed by atoms with E-state index in [1.807, 2.05) is 0 Å². The molecule has 0 saturated carbocycles. The highest BCUT2D eigenvalue weighted by Gasteiger charge is 2.12. The minimum absolute atomic E-state index is 0.179. The molecule has 0 bridgehead atoms. The van der Waals surface area contributed by atoms with Crippen LogP contribution < -0.4 is 10.1 Å². The van der Waals surface area contributed by atoms with Gasteiger partial charge in [-0.3, -0.25) is 0 Å². The van der Waals surface area contributed by atoms with Crippen LogP contribution in [0.25, 0.3) is 0 Å². The minimum atomic E-state index is -0.404. The molecule has 0 radical (unpaired) electrons. The number of hydrogen-bond acceptors (Lipinski definition) is 4. The standard InChI is InChI=1S/C21H20FN3O3/c1-25(14-15-7-9-18(26)10-8-15)21(27)24-13-16-4-3-11-23-20(16)28-19-6-2-5-17(22)12-19/h2-12,26H,13-14H2,1H3,(H,24,27). The van der Waals surface area contributed by atoms with Gasteiger partial charge in [0.25, 0.3) is 0 Å². The number of ether oxygens (including phenoxy) is 1. The zero-order valence-electron chi connectivity index (χ0n) is 15.3. The summed E-state index contributed by atoms with van der Waals surface area (Å²) in [5, 5.41) is 12.1. The number of benzene rings is 2. The summed E-state index contributed by atoms with van der Waals surface area (Å²) in [5.74, 6) is 0.405. The van der Waals surface area contributed by atoms with Gasteiger partial charge in [-0.1, -0.05) is 24.3 Å². The van der Waals surface area contributed by atoms with Crippen LogP contribution in [0.4, 0.5) is 9.18 Å². The summed E-state index contributed by atoms with van der Waals surface area (Å²) in [5.41, 5.74) is 1.56. The first kappa shape index (κ1) is 19.2. The van der Waals surface area contributed by atoms with Gasteiger partial charge in [0.05, 0.1) is 0 Å². The van der Waals surface area contributed by atoms with E-state index < -0.39 is 5.82 Å². The molecule has 0 spiro atoms. The van der Waals surface area contributed by atoms with Gasteiger partial charge < -0.3 is 20.1 Å². The molecule has 3 aromatic rings. The van der Waals surface area contributed by atoms with Gasteiger partial charge in [-0.2, -0.15) is 0 Å². The van der Waals surface area contributed by atoms with Crippen LogP contribution >= 0.6 is 0 Å². The summed E-state index contributed by atoms with van der Waals surface area (Å²) in [6.07, 6.45) is 1.57. The summed E-state index contributed by atoms with van der Waals surface area (Å²) in [4.78, 5) is 18.0. The second-order valence-corrected chi connectivity index (χ2v) is 6.21. The first-order valence-electron chi connectivity index (χ1n) is 8.65. The Morgan fingerprint density at radius 1 is 1.18 bits per heavy atom. The molecule has 0 aliphatic carbocycles. The highest BCUT2D eigenvalue weighted by molar-refractivity contribution is 5.73. The zero-order chi connectivity index (χ0) is 19.9. The molecule has 6 nitrogen and oxygen atoms in total. The maximum absolute atomic E-state index is 13.3. The number of aromatic nitrogens is 1. The average Bonchev–Trinajstić information content (AvgIpc) is 2.69. The molecule has 2 amide bonds. The maximum atomic E-state index is 13.3. The molecule has 0 saturated heterocycles. The Balaban J connectivity index is 1.60. The third kappa shape index (κ3) is 5.20. The quantitative estimate of drug-likeness (QED) is 0.675. The van der Waals surface area contributed by atoms with Gasteiger partial charge in [0.2, 0.25) is 5.88 Å². The number of pyridine rings is 1. The fourth-order valence-electron chi connectivity index (χ4n) is 2.55. The number of phenolic OH excluding ortho intramolecular Hbond substituents is 1. The summed E-state index contributed by atoms with van der Waals surface area (Å²) in [7, 11) is 1.68. The number of amides is 2. The van der Waals surface area contributed by atoms with E-state index in [2.05, 4.69) is 10.3 Å². The van der Waals surface area contributed by atoms with Crippen molar-refractivity contribution in [3.63, 3.8) is 0 Å². The van der Waals surface area contributed by atoms with Gasteiger partial charge in [0, 0.05) is 38.0 Å². The normalized spacial score (nSPS) is 10.4. The molecule has 28 heavy (non-hydrogen) atoms. The summed E-state index contributed by atoms with van der Waals surface area (Å²) < 4.78 is 19.0. The van der Waals surface area contributed by atoms with Gasteiger partial charge in [-0.25, -0.2) is 14.2 Å². The minimum Gasteiger partial charge on any atom is -0.508 e. The summed E-state index contributed by atoms with van der Waals surface area (Å²) >= 11 is 0. The van der Waals surface area contributed by atoms with Crippen molar-refractivity contribution in [3.8, 4) is 17.4 Å². The Hall–Kier alpha value is -3.61. The van der Waals surface area contributed by atoms with E-state index in [9.17, 15) is 14.3 Å². The molecule has 0 aliphatic rings. The first-order chi connectivity index (χ1) is 13.5. The van der Waals surface area contributed by atoms with Crippen molar-refractivity contribution in [2.24, 2.45) is 0 Å². The number of rotatable bonds is 6. The van der Waals surface area contributed by atoms with Crippen molar-refractivity contribution in [1.29, 1.82) is 0 Å². The Kier molecular flexibility index (Phi) is 6.06. The number of urea groups is 1. The molecule has 1 aromatic heterocycles. The number of phenols is 1. The highest BCUT2D eigenvalue weighted by atomic mass is 19.1. The third-order valence-electron chi connectivity index (χ3n) is 3.99. The van der Waals surface area contributed by atoms with Gasteiger partial charge in [-0.15, -0.1) is 0 Å². The Labute approximate surface area is 162 Å². The largest absolute Gasteiger partial charge is 0.508 e. The van der Waals surface area contributed by atoms with Gasteiger partial charge in [0.1, 0.15) is 17.3 Å². The highest BCUT2D eigenvalue weighted by Crippen LogP contribution is 2.23. The van der Waals surface area contributed by atoms with Gasteiger partial charge in [0.15, 0.2) is 0 Å². The van der Waals surface area contributed by atoms with E-state index in [1.165, 1.54) is 17.0 Å². The fraction of sp³-hybridized carbons (Fsp3) is 0.143. The zero-order valence-corrected chi connectivity index (χ0v) is 15.3. The molecule has 144 valence electrons. The smallest absolute Gasteiger partial charge is 0.317 e. The molecule has 1 heterocycles. The summed E-state index contributed by atoms with van der Waals surface area (Å²) in [6.45, 7) is 0.600. The van der Waals surface area contributed by atoms with E-state index in [-0.39, 0.29) is 18.3 Å². The predicted molar refractivity (Wildman–Crippen MR) is 103 cm³/mol. The van der Waals surface area contributed by atoms with Crippen LogP contribution in [0.5, 0.6) is 17.4 Å². The monoisotopic (exact) mass is 381 g/mol. The second kappa shape index (κ2) is 8.85. The van der Waals surface area contributed by atoms with Crippen LogP contribution in [0.3, 0.4) is 0 Å². The first-order valence-corrected chi connectivity index (χ1v) is 8.65. The number of nitrogens with zero attached hydrogens (tertiary/aromatic N) is 2. The van der Waals surface area contributed by atoms with Gasteiger partial charge in [-0.05, 0) is 35.9 Å². The average molecular weight is 381 g/mol. The van der Waals surface area contributed by atoms with Crippen molar-refractivity contribution in [3.05, 3.63) is 83.8 Å². The molecule has 3 rings (SSSR count). The van der Waals surface area contributed by atoms with E-state index in [4.69, 9.17) is 4.74 Å². The van der Waals surface area contributed by atoms with Crippen molar-refractivity contribution < 1.29 is 19.0 Å². The topological polar surface area (TPSA) is 74.7 Å². The molecule has 0 aliphatic heterocycles. The molecular weight excluding hydrogens is 361 g/mol. The SMILES string of the molecule is CN(Cc1ccc(O)cc1)C(=O)NCc1cccnc1Oc1cccc(F)c1. The van der Waals surface area contributed by atoms with Crippen LogP contribution in [0.2, 0.25) is 0 Å². The van der Waals surface area contributed by atoms with Crippen LogP contribution in [-0.4, -0.2) is 28.1 Å². The molecule has 2 aromatic carbocycles. The number of carbonyl (C=O) groups excluding carboxylic acids is 1.